The van der Waals surface area contributed by atoms with Gasteiger partial charge in [-0.25, -0.2) is 4.85 Å². The Hall–Kier alpha value is -1.01. The van der Waals surface area contributed by atoms with Crippen molar-refractivity contribution >= 4 is 21.6 Å². The van der Waals surface area contributed by atoms with E-state index in [1.165, 1.54) is 0 Å². The summed E-state index contributed by atoms with van der Waals surface area (Å²) in [5.74, 6) is 0.740. The Bertz CT molecular complexity index is 341. The van der Waals surface area contributed by atoms with Gasteiger partial charge in [0.1, 0.15) is 5.75 Å². The van der Waals surface area contributed by atoms with Crippen molar-refractivity contribution < 1.29 is 4.74 Å². The molecular formula is C10H10BrNO. The zero-order valence-corrected chi connectivity index (χ0v) is 9.13. The molecule has 2 nitrogen and oxygen atoms in total. The van der Waals surface area contributed by atoms with Crippen LogP contribution in [0.1, 0.15) is 13.8 Å². The Morgan fingerprint density at radius 1 is 1.46 bits per heavy atom. The highest BCUT2D eigenvalue weighted by molar-refractivity contribution is 9.10. The summed E-state index contributed by atoms with van der Waals surface area (Å²) in [4.78, 5) is 3.36. The molecule has 0 aliphatic heterocycles. The second kappa shape index (κ2) is 4.29. The number of hydrogen-bond acceptors (Lipinski definition) is 1. The van der Waals surface area contributed by atoms with Crippen LogP contribution in [0.15, 0.2) is 22.7 Å². The van der Waals surface area contributed by atoms with E-state index in [0.29, 0.717) is 5.69 Å². The molecule has 0 aliphatic carbocycles. The average Bonchev–Trinajstić information content (AvgIpc) is 2.07. The monoisotopic (exact) mass is 239 g/mol. The molecule has 0 heterocycles. The summed E-state index contributed by atoms with van der Waals surface area (Å²) < 4.78 is 6.25. The molecule has 0 N–H and O–H groups in total. The minimum Gasteiger partial charge on any atom is -0.492 e. The molecule has 68 valence electrons. The van der Waals surface area contributed by atoms with Crippen molar-refractivity contribution in [3.63, 3.8) is 0 Å². The minimum atomic E-state index is 0.139. The third-order valence-corrected chi connectivity index (χ3v) is 2.08. The molecule has 0 fully saturated rings. The van der Waals surface area contributed by atoms with Gasteiger partial charge in [-0.15, -0.1) is 0 Å². The van der Waals surface area contributed by atoms with Crippen molar-refractivity contribution in [2.45, 2.75) is 20.0 Å². The maximum absolute atomic E-state index is 6.90. The van der Waals surface area contributed by atoms with Crippen molar-refractivity contribution in [1.29, 1.82) is 0 Å². The summed E-state index contributed by atoms with van der Waals surface area (Å²) >= 11 is 3.29. The van der Waals surface area contributed by atoms with Gasteiger partial charge >= 0.3 is 0 Å². The molecular weight excluding hydrogens is 230 g/mol. The first-order chi connectivity index (χ1) is 6.13. The van der Waals surface area contributed by atoms with Gasteiger partial charge in [0.25, 0.3) is 0 Å². The molecule has 0 aromatic heterocycles. The third kappa shape index (κ3) is 2.74. The van der Waals surface area contributed by atoms with E-state index in [1.807, 2.05) is 26.0 Å². The van der Waals surface area contributed by atoms with E-state index in [4.69, 9.17) is 11.3 Å². The molecule has 0 radical (unpaired) electrons. The van der Waals surface area contributed by atoms with Crippen LogP contribution in [-0.4, -0.2) is 6.10 Å². The van der Waals surface area contributed by atoms with E-state index in [-0.39, 0.29) is 6.10 Å². The van der Waals surface area contributed by atoms with Crippen molar-refractivity contribution in [2.24, 2.45) is 0 Å². The van der Waals surface area contributed by atoms with Gasteiger partial charge in [0.15, 0.2) is 0 Å². The topological polar surface area (TPSA) is 13.6 Å². The SMILES string of the molecule is [C-]#[N+]c1cc(OC(C)C)ccc1Br. The Morgan fingerprint density at radius 3 is 2.69 bits per heavy atom. The summed E-state index contributed by atoms with van der Waals surface area (Å²) in [5, 5.41) is 0. The van der Waals surface area contributed by atoms with Crippen LogP contribution in [-0.2, 0) is 0 Å². The van der Waals surface area contributed by atoms with Gasteiger partial charge in [-0.05, 0) is 26.0 Å². The quantitative estimate of drug-likeness (QED) is 0.717. The molecule has 0 aliphatic rings. The lowest BCUT2D eigenvalue weighted by atomic mass is 10.3. The minimum absolute atomic E-state index is 0.139. The van der Waals surface area contributed by atoms with Gasteiger partial charge in [-0.1, -0.05) is 22.0 Å². The standard InChI is InChI=1S/C10H10BrNO/c1-7(2)13-8-4-5-9(11)10(6-8)12-3/h4-7H,1-2H3. The molecule has 0 bridgehead atoms. The Balaban J connectivity index is 2.95. The molecule has 0 amide bonds. The molecule has 0 spiro atoms. The van der Waals surface area contributed by atoms with Crippen LogP contribution >= 0.6 is 15.9 Å². The first kappa shape index (κ1) is 10.1. The van der Waals surface area contributed by atoms with Crippen molar-refractivity contribution in [3.8, 4) is 5.75 Å². The number of nitrogens with zero attached hydrogens (tertiary/aromatic N) is 1. The molecule has 0 saturated heterocycles. The highest BCUT2D eigenvalue weighted by Gasteiger charge is 2.02. The molecule has 1 aromatic rings. The van der Waals surface area contributed by atoms with Crippen LogP contribution in [0.4, 0.5) is 5.69 Å². The van der Waals surface area contributed by atoms with Crippen LogP contribution in [0.2, 0.25) is 0 Å². The fourth-order valence-electron chi connectivity index (χ4n) is 0.924. The van der Waals surface area contributed by atoms with Crippen molar-refractivity contribution in [2.75, 3.05) is 0 Å². The van der Waals surface area contributed by atoms with Gasteiger partial charge in [-0.2, -0.15) is 0 Å². The maximum atomic E-state index is 6.90. The predicted molar refractivity (Wildman–Crippen MR) is 56.2 cm³/mol. The van der Waals surface area contributed by atoms with Crippen LogP contribution in [0.25, 0.3) is 4.85 Å². The second-order valence-electron chi connectivity index (χ2n) is 2.89. The second-order valence-corrected chi connectivity index (χ2v) is 3.75. The summed E-state index contributed by atoms with van der Waals surface area (Å²) in [6.07, 6.45) is 0.139. The first-order valence-electron chi connectivity index (χ1n) is 3.97. The van der Waals surface area contributed by atoms with E-state index in [9.17, 15) is 0 Å². The number of ether oxygens (including phenoxy) is 1. The van der Waals surface area contributed by atoms with Crippen LogP contribution in [0.3, 0.4) is 0 Å². The highest BCUT2D eigenvalue weighted by Crippen LogP contribution is 2.29. The van der Waals surface area contributed by atoms with Gasteiger partial charge in [0.2, 0.25) is 5.69 Å². The fourth-order valence-corrected chi connectivity index (χ4v) is 1.26. The van der Waals surface area contributed by atoms with Crippen LogP contribution < -0.4 is 4.74 Å². The molecule has 0 saturated carbocycles. The van der Waals surface area contributed by atoms with Gasteiger partial charge in [0.05, 0.1) is 12.7 Å². The zero-order valence-electron chi connectivity index (χ0n) is 7.54. The van der Waals surface area contributed by atoms with Crippen molar-refractivity contribution in [3.05, 3.63) is 34.1 Å². The van der Waals surface area contributed by atoms with E-state index in [2.05, 4.69) is 20.8 Å². The fraction of sp³-hybridized carbons (Fsp3) is 0.300. The Kier molecular flexibility index (Phi) is 3.32. The summed E-state index contributed by atoms with van der Waals surface area (Å²) in [6, 6.07) is 5.40. The lowest BCUT2D eigenvalue weighted by Crippen LogP contribution is -2.05. The van der Waals surface area contributed by atoms with E-state index >= 15 is 0 Å². The number of benzene rings is 1. The summed E-state index contributed by atoms with van der Waals surface area (Å²) in [7, 11) is 0. The van der Waals surface area contributed by atoms with Crippen LogP contribution in [0, 0.1) is 6.57 Å². The molecule has 1 rings (SSSR count). The van der Waals surface area contributed by atoms with E-state index in [0.717, 1.165) is 10.2 Å². The zero-order chi connectivity index (χ0) is 9.84. The molecule has 0 unspecified atom stereocenters. The molecule has 1 aromatic carbocycles. The van der Waals surface area contributed by atoms with Gasteiger partial charge in [-0.3, -0.25) is 0 Å². The Labute approximate surface area is 86.5 Å². The largest absolute Gasteiger partial charge is 0.492 e. The number of hydrogen-bond donors (Lipinski definition) is 0. The van der Waals surface area contributed by atoms with E-state index in [1.54, 1.807) is 6.07 Å². The maximum Gasteiger partial charge on any atom is 0.204 e. The lowest BCUT2D eigenvalue weighted by molar-refractivity contribution is 0.242. The number of rotatable bonds is 2. The van der Waals surface area contributed by atoms with Crippen LogP contribution in [0.5, 0.6) is 5.75 Å². The Morgan fingerprint density at radius 2 is 2.15 bits per heavy atom. The third-order valence-electron chi connectivity index (χ3n) is 1.41. The van der Waals surface area contributed by atoms with E-state index < -0.39 is 0 Å². The summed E-state index contributed by atoms with van der Waals surface area (Å²) in [5.41, 5.74) is 0.582. The average molecular weight is 240 g/mol. The van der Waals surface area contributed by atoms with Gasteiger partial charge in [0, 0.05) is 4.47 Å². The van der Waals surface area contributed by atoms with Gasteiger partial charge < -0.3 is 4.74 Å². The van der Waals surface area contributed by atoms with Crippen molar-refractivity contribution in [1.82, 2.24) is 0 Å². The summed E-state index contributed by atoms with van der Waals surface area (Å²) in [6.45, 7) is 10.8. The predicted octanol–water partition coefficient (Wildman–Crippen LogP) is 3.79. The number of halogens is 1. The normalized spacial score (nSPS) is 9.77. The molecule has 13 heavy (non-hydrogen) atoms. The first-order valence-corrected chi connectivity index (χ1v) is 4.76. The highest BCUT2D eigenvalue weighted by atomic mass is 79.9. The lowest BCUT2D eigenvalue weighted by Gasteiger charge is -2.09. The molecule has 0 atom stereocenters. The molecule has 3 heteroatoms. The smallest absolute Gasteiger partial charge is 0.204 e.